The van der Waals surface area contributed by atoms with Crippen molar-refractivity contribution in [1.29, 1.82) is 0 Å². The van der Waals surface area contributed by atoms with Gasteiger partial charge < -0.3 is 4.90 Å². The van der Waals surface area contributed by atoms with Gasteiger partial charge in [-0.1, -0.05) is 0 Å². The number of piperidine rings is 1. The van der Waals surface area contributed by atoms with Gasteiger partial charge in [0.25, 0.3) is 0 Å². The summed E-state index contributed by atoms with van der Waals surface area (Å²) in [5.41, 5.74) is -0.447. The zero-order valence-electron chi connectivity index (χ0n) is 10.1. The Balaban J connectivity index is 2.31. The van der Waals surface area contributed by atoms with Gasteiger partial charge in [-0.2, -0.15) is 18.2 Å². The van der Waals surface area contributed by atoms with Crippen molar-refractivity contribution in [1.82, 2.24) is 9.97 Å². The summed E-state index contributed by atoms with van der Waals surface area (Å²) in [6.45, 7) is -0.0988. The number of nitro groups is 1. The van der Waals surface area contributed by atoms with E-state index in [-0.39, 0.29) is 37.0 Å². The molecule has 1 fully saturated rings. The van der Waals surface area contributed by atoms with Crippen LogP contribution in [0.4, 0.5) is 24.7 Å². The molecule has 1 unspecified atom stereocenters. The SMILES string of the molecule is O=[N+]([O-])c1cnc(Cl)nc1N1CCCC(C(F)(F)F)C1. The van der Waals surface area contributed by atoms with Gasteiger partial charge in [0.1, 0.15) is 6.20 Å². The van der Waals surface area contributed by atoms with Crippen molar-refractivity contribution in [2.45, 2.75) is 19.0 Å². The number of hydrogen-bond donors (Lipinski definition) is 0. The van der Waals surface area contributed by atoms with Crippen LogP contribution in [0.5, 0.6) is 0 Å². The number of nitrogens with zero attached hydrogens (tertiary/aromatic N) is 4. The molecular formula is C10H10ClF3N4O2. The Bertz CT molecular complexity index is 526. The van der Waals surface area contributed by atoms with Crippen LogP contribution in [0, 0.1) is 16.0 Å². The Morgan fingerprint density at radius 2 is 2.20 bits per heavy atom. The minimum absolute atomic E-state index is 0.00656. The molecule has 10 heteroatoms. The highest BCUT2D eigenvalue weighted by Crippen LogP contribution is 2.36. The van der Waals surface area contributed by atoms with Gasteiger partial charge in [0.2, 0.25) is 11.1 Å². The number of alkyl halides is 3. The number of halogens is 4. The van der Waals surface area contributed by atoms with E-state index in [1.165, 1.54) is 4.90 Å². The van der Waals surface area contributed by atoms with Crippen LogP contribution in [0.2, 0.25) is 5.28 Å². The van der Waals surface area contributed by atoms with Crippen molar-refractivity contribution in [3.63, 3.8) is 0 Å². The van der Waals surface area contributed by atoms with Crippen LogP contribution >= 0.6 is 11.6 Å². The monoisotopic (exact) mass is 310 g/mol. The van der Waals surface area contributed by atoms with Crippen LogP contribution in [-0.4, -0.2) is 34.2 Å². The zero-order chi connectivity index (χ0) is 14.9. The first-order valence-corrected chi connectivity index (χ1v) is 6.15. The van der Waals surface area contributed by atoms with E-state index in [2.05, 4.69) is 9.97 Å². The van der Waals surface area contributed by atoms with Crippen molar-refractivity contribution in [2.75, 3.05) is 18.0 Å². The summed E-state index contributed by atoms with van der Waals surface area (Å²) in [7, 11) is 0. The van der Waals surface area contributed by atoms with Crippen LogP contribution in [0.25, 0.3) is 0 Å². The van der Waals surface area contributed by atoms with E-state index in [9.17, 15) is 23.3 Å². The lowest BCUT2D eigenvalue weighted by Gasteiger charge is -2.34. The largest absolute Gasteiger partial charge is 0.393 e. The van der Waals surface area contributed by atoms with Gasteiger partial charge in [-0.15, -0.1) is 0 Å². The van der Waals surface area contributed by atoms with Gasteiger partial charge in [0.15, 0.2) is 0 Å². The molecule has 1 saturated heterocycles. The number of hydrogen-bond acceptors (Lipinski definition) is 5. The normalized spacial score (nSPS) is 20.0. The number of aromatic nitrogens is 2. The summed E-state index contributed by atoms with van der Waals surface area (Å²) in [5, 5.41) is 10.7. The van der Waals surface area contributed by atoms with Crippen molar-refractivity contribution in [3.8, 4) is 0 Å². The molecule has 0 radical (unpaired) electrons. The molecular weight excluding hydrogens is 301 g/mol. The molecule has 1 aromatic rings. The molecule has 110 valence electrons. The molecule has 0 saturated carbocycles. The Morgan fingerprint density at radius 1 is 1.50 bits per heavy atom. The van der Waals surface area contributed by atoms with E-state index in [4.69, 9.17) is 11.6 Å². The predicted octanol–water partition coefficient (Wildman–Crippen LogP) is 2.82. The molecule has 0 N–H and O–H groups in total. The van der Waals surface area contributed by atoms with Crippen molar-refractivity contribution < 1.29 is 18.1 Å². The van der Waals surface area contributed by atoms with Gasteiger partial charge >= 0.3 is 11.9 Å². The first kappa shape index (κ1) is 14.8. The molecule has 1 atom stereocenters. The summed E-state index contributed by atoms with van der Waals surface area (Å²) >= 11 is 5.57. The number of rotatable bonds is 2. The molecule has 1 aromatic heterocycles. The van der Waals surface area contributed by atoms with E-state index in [1.807, 2.05) is 0 Å². The lowest BCUT2D eigenvalue weighted by Crippen LogP contribution is -2.42. The highest BCUT2D eigenvalue weighted by atomic mass is 35.5. The van der Waals surface area contributed by atoms with E-state index in [1.54, 1.807) is 0 Å². The highest BCUT2D eigenvalue weighted by Gasteiger charge is 2.43. The average Bonchev–Trinajstić information content (AvgIpc) is 2.37. The van der Waals surface area contributed by atoms with Gasteiger partial charge in [-0.25, -0.2) is 4.98 Å². The molecule has 0 bridgehead atoms. The van der Waals surface area contributed by atoms with Gasteiger partial charge in [-0.05, 0) is 24.4 Å². The molecule has 6 nitrogen and oxygen atoms in total. The van der Waals surface area contributed by atoms with Crippen molar-refractivity contribution in [3.05, 3.63) is 21.6 Å². The Labute approximate surface area is 116 Å². The first-order chi connectivity index (χ1) is 9.29. The van der Waals surface area contributed by atoms with E-state index in [0.29, 0.717) is 0 Å². The highest BCUT2D eigenvalue weighted by molar-refractivity contribution is 6.28. The summed E-state index contributed by atoms with van der Waals surface area (Å²) in [4.78, 5) is 18.6. The summed E-state index contributed by atoms with van der Waals surface area (Å²) in [6.07, 6.45) is -3.14. The van der Waals surface area contributed by atoms with Gasteiger partial charge in [0.05, 0.1) is 10.8 Å². The lowest BCUT2D eigenvalue weighted by atomic mass is 9.97. The summed E-state index contributed by atoms with van der Waals surface area (Å²) in [6, 6.07) is 0. The second kappa shape index (κ2) is 5.39. The average molecular weight is 311 g/mol. The van der Waals surface area contributed by atoms with E-state index < -0.39 is 22.7 Å². The fraction of sp³-hybridized carbons (Fsp3) is 0.600. The maximum absolute atomic E-state index is 12.7. The van der Waals surface area contributed by atoms with Crippen LogP contribution < -0.4 is 4.90 Å². The van der Waals surface area contributed by atoms with E-state index in [0.717, 1.165) is 6.20 Å². The second-order valence-electron chi connectivity index (χ2n) is 4.43. The maximum Gasteiger partial charge on any atom is 0.393 e. The third kappa shape index (κ3) is 3.09. The van der Waals surface area contributed by atoms with Crippen molar-refractivity contribution >= 4 is 23.1 Å². The predicted molar refractivity (Wildman–Crippen MR) is 64.7 cm³/mol. The smallest absolute Gasteiger partial charge is 0.350 e. The number of anilines is 1. The van der Waals surface area contributed by atoms with E-state index >= 15 is 0 Å². The summed E-state index contributed by atoms with van der Waals surface area (Å²) in [5.74, 6) is -1.69. The lowest BCUT2D eigenvalue weighted by molar-refractivity contribution is -0.384. The quantitative estimate of drug-likeness (QED) is 0.477. The molecule has 0 spiro atoms. The first-order valence-electron chi connectivity index (χ1n) is 5.77. The van der Waals surface area contributed by atoms with Crippen LogP contribution in [0.3, 0.4) is 0 Å². The molecule has 0 aliphatic carbocycles. The van der Waals surface area contributed by atoms with Crippen LogP contribution in [0.15, 0.2) is 6.20 Å². The van der Waals surface area contributed by atoms with Crippen molar-refractivity contribution in [2.24, 2.45) is 5.92 Å². The summed E-state index contributed by atoms with van der Waals surface area (Å²) < 4.78 is 38.2. The fourth-order valence-corrected chi connectivity index (χ4v) is 2.27. The third-order valence-electron chi connectivity index (χ3n) is 3.10. The fourth-order valence-electron chi connectivity index (χ4n) is 2.14. The molecule has 1 aliphatic rings. The minimum Gasteiger partial charge on any atom is -0.350 e. The Hall–Kier alpha value is -1.64. The third-order valence-corrected chi connectivity index (χ3v) is 3.28. The standard InChI is InChI=1S/C10H10ClF3N4O2/c11-9-15-4-7(18(19)20)8(16-9)17-3-1-2-6(5-17)10(12,13)14/h4,6H,1-3,5H2. The zero-order valence-corrected chi connectivity index (χ0v) is 10.9. The molecule has 2 rings (SSSR count). The van der Waals surface area contributed by atoms with Crippen LogP contribution in [0.1, 0.15) is 12.8 Å². The molecule has 0 aromatic carbocycles. The maximum atomic E-state index is 12.7. The molecule has 0 amide bonds. The van der Waals surface area contributed by atoms with Gasteiger partial charge in [0, 0.05) is 13.1 Å². The minimum atomic E-state index is -4.33. The molecule has 1 aliphatic heterocycles. The molecule has 2 heterocycles. The van der Waals surface area contributed by atoms with Gasteiger partial charge in [-0.3, -0.25) is 10.1 Å². The Morgan fingerprint density at radius 3 is 2.80 bits per heavy atom. The molecule has 20 heavy (non-hydrogen) atoms. The second-order valence-corrected chi connectivity index (χ2v) is 4.77. The Kier molecular flexibility index (Phi) is 3.98. The topological polar surface area (TPSA) is 72.2 Å². The van der Waals surface area contributed by atoms with Crippen LogP contribution in [-0.2, 0) is 0 Å².